The number of aryl methyl sites for hydroxylation is 1. The van der Waals surface area contributed by atoms with E-state index in [1.165, 1.54) is 11.6 Å². The van der Waals surface area contributed by atoms with Gasteiger partial charge in [-0.15, -0.1) is 0 Å². The third-order valence-electron chi connectivity index (χ3n) is 4.80. The average Bonchev–Trinajstić information content (AvgIpc) is 3.33. The van der Waals surface area contributed by atoms with Crippen molar-refractivity contribution in [3.63, 3.8) is 0 Å². The number of anilines is 1. The Bertz CT molecular complexity index is 1150. The molecule has 4 rings (SSSR count). The average molecular weight is 391 g/mol. The van der Waals surface area contributed by atoms with Crippen molar-refractivity contribution >= 4 is 11.6 Å². The fourth-order valence-electron chi connectivity index (χ4n) is 3.16. The lowest BCUT2D eigenvalue weighted by molar-refractivity contribution is 0.590. The number of hydrogen-bond acceptors (Lipinski definition) is 5. The molecule has 2 N–H and O–H groups in total. The number of aromatic nitrogens is 6. The molecule has 3 heterocycles. The number of fused-ring (bicyclic) bond motifs is 1. The normalized spacial score (nSPS) is 11.8. The molecule has 0 bridgehead atoms. The number of aromatic amines is 1. The largest absolute Gasteiger partial charge is 0.354 e. The minimum Gasteiger partial charge on any atom is -0.354 e. The molecule has 0 unspecified atom stereocenters. The number of rotatable bonds is 6. The highest BCUT2D eigenvalue weighted by Gasteiger charge is 2.15. The Hall–Kier alpha value is -3.42. The smallest absolute Gasteiger partial charge is 0.266 e. The van der Waals surface area contributed by atoms with Crippen LogP contribution in [0.25, 0.3) is 17.0 Å². The Morgan fingerprint density at radius 1 is 1.14 bits per heavy atom. The zero-order chi connectivity index (χ0) is 20.4. The first kappa shape index (κ1) is 18.9. The van der Waals surface area contributed by atoms with Crippen LogP contribution in [0.1, 0.15) is 32.8 Å². The molecule has 0 saturated carbocycles. The van der Waals surface area contributed by atoms with Crippen molar-refractivity contribution in [2.24, 2.45) is 0 Å². The maximum absolute atomic E-state index is 11.8. The van der Waals surface area contributed by atoms with E-state index in [0.29, 0.717) is 24.0 Å². The number of nitrogens with one attached hydrogen (secondary N) is 2. The van der Waals surface area contributed by atoms with Gasteiger partial charge in [0.1, 0.15) is 0 Å². The monoisotopic (exact) mass is 391 g/mol. The lowest BCUT2D eigenvalue weighted by atomic mass is 9.87. The lowest BCUT2D eigenvalue weighted by Crippen LogP contribution is -2.13. The molecule has 4 aromatic rings. The van der Waals surface area contributed by atoms with E-state index < -0.39 is 0 Å². The zero-order valence-electron chi connectivity index (χ0n) is 16.9. The van der Waals surface area contributed by atoms with Gasteiger partial charge in [0.2, 0.25) is 5.95 Å². The van der Waals surface area contributed by atoms with Crippen LogP contribution in [-0.4, -0.2) is 35.7 Å². The molecule has 0 fully saturated rings. The summed E-state index contributed by atoms with van der Waals surface area (Å²) in [6.45, 7) is 8.10. The molecule has 0 amide bonds. The van der Waals surface area contributed by atoms with E-state index in [-0.39, 0.29) is 11.0 Å². The van der Waals surface area contributed by atoms with Crippen molar-refractivity contribution in [2.45, 2.75) is 39.2 Å². The number of nitrogens with zero attached hydrogens (tertiary/aromatic N) is 5. The Kier molecular flexibility index (Phi) is 4.92. The van der Waals surface area contributed by atoms with Gasteiger partial charge in [-0.2, -0.15) is 4.98 Å². The summed E-state index contributed by atoms with van der Waals surface area (Å²) in [6.07, 6.45) is 6.39. The highest BCUT2D eigenvalue weighted by atomic mass is 16.1. The van der Waals surface area contributed by atoms with Gasteiger partial charge in [0.15, 0.2) is 11.5 Å². The fraction of sp³-hybridized carbons (Fsp3) is 0.333. The van der Waals surface area contributed by atoms with E-state index in [4.69, 9.17) is 0 Å². The van der Waals surface area contributed by atoms with Crippen molar-refractivity contribution in [3.05, 3.63) is 65.0 Å². The Morgan fingerprint density at radius 2 is 1.93 bits per heavy atom. The summed E-state index contributed by atoms with van der Waals surface area (Å²) < 4.78 is 3.61. The second kappa shape index (κ2) is 7.54. The minimum atomic E-state index is -0.207. The number of hydrogen-bond donors (Lipinski definition) is 2. The van der Waals surface area contributed by atoms with Gasteiger partial charge >= 0.3 is 0 Å². The van der Waals surface area contributed by atoms with Crippen LogP contribution in [-0.2, 0) is 12.0 Å². The Morgan fingerprint density at radius 3 is 2.62 bits per heavy atom. The van der Waals surface area contributed by atoms with Crippen molar-refractivity contribution in [2.75, 3.05) is 11.9 Å². The van der Waals surface area contributed by atoms with Crippen LogP contribution in [0.4, 0.5) is 5.95 Å². The molecule has 1 aromatic carbocycles. The van der Waals surface area contributed by atoms with Crippen LogP contribution in [0.3, 0.4) is 0 Å². The SMILES string of the molecule is CC(C)(C)c1ccc(-c2nc(NCCCn3ccnc3)n3[nH]c(=O)cc3n2)cc1. The van der Waals surface area contributed by atoms with Gasteiger partial charge in [0.25, 0.3) is 5.56 Å². The van der Waals surface area contributed by atoms with Crippen LogP contribution < -0.4 is 10.9 Å². The second-order valence-electron chi connectivity index (χ2n) is 8.09. The summed E-state index contributed by atoms with van der Waals surface area (Å²) in [7, 11) is 0. The maximum Gasteiger partial charge on any atom is 0.266 e. The van der Waals surface area contributed by atoms with E-state index in [2.05, 4.69) is 58.3 Å². The van der Waals surface area contributed by atoms with E-state index in [9.17, 15) is 4.79 Å². The van der Waals surface area contributed by atoms with Gasteiger partial charge in [0, 0.05) is 37.1 Å². The van der Waals surface area contributed by atoms with Crippen LogP contribution in [0, 0.1) is 0 Å². The molecule has 150 valence electrons. The summed E-state index contributed by atoms with van der Waals surface area (Å²) in [5.41, 5.74) is 2.57. The summed E-state index contributed by atoms with van der Waals surface area (Å²) in [5, 5.41) is 6.06. The van der Waals surface area contributed by atoms with Gasteiger partial charge in [-0.25, -0.2) is 14.5 Å². The molecule has 0 aliphatic carbocycles. The quantitative estimate of drug-likeness (QED) is 0.493. The predicted molar refractivity (Wildman–Crippen MR) is 113 cm³/mol. The first-order valence-corrected chi connectivity index (χ1v) is 9.70. The molecule has 29 heavy (non-hydrogen) atoms. The van der Waals surface area contributed by atoms with Gasteiger partial charge in [-0.1, -0.05) is 45.0 Å². The molecular formula is C21H25N7O. The molecule has 0 aliphatic heterocycles. The Labute approximate surface area is 168 Å². The predicted octanol–water partition coefficient (Wildman–Crippen LogP) is 3.08. The molecule has 0 spiro atoms. The Balaban J connectivity index is 1.59. The van der Waals surface area contributed by atoms with Gasteiger partial charge < -0.3 is 9.88 Å². The van der Waals surface area contributed by atoms with E-state index in [1.54, 1.807) is 17.0 Å². The molecule has 0 atom stereocenters. The van der Waals surface area contributed by atoms with E-state index in [1.807, 2.05) is 22.9 Å². The third kappa shape index (κ3) is 4.21. The summed E-state index contributed by atoms with van der Waals surface area (Å²) in [4.78, 5) is 25.1. The van der Waals surface area contributed by atoms with Gasteiger partial charge in [-0.3, -0.25) is 9.89 Å². The van der Waals surface area contributed by atoms with Gasteiger partial charge in [0.05, 0.1) is 6.33 Å². The van der Waals surface area contributed by atoms with Crippen molar-refractivity contribution in [3.8, 4) is 11.4 Å². The first-order valence-electron chi connectivity index (χ1n) is 9.70. The second-order valence-corrected chi connectivity index (χ2v) is 8.09. The zero-order valence-corrected chi connectivity index (χ0v) is 16.9. The third-order valence-corrected chi connectivity index (χ3v) is 4.80. The van der Waals surface area contributed by atoms with Crippen LogP contribution in [0.2, 0.25) is 0 Å². The van der Waals surface area contributed by atoms with Crippen molar-refractivity contribution in [1.82, 2.24) is 29.1 Å². The fourth-order valence-corrected chi connectivity index (χ4v) is 3.16. The minimum absolute atomic E-state index is 0.0826. The highest BCUT2D eigenvalue weighted by molar-refractivity contribution is 5.60. The van der Waals surface area contributed by atoms with Crippen LogP contribution in [0.15, 0.2) is 53.8 Å². The molecule has 8 nitrogen and oxygen atoms in total. The molecule has 0 aliphatic rings. The molecule has 0 saturated heterocycles. The summed E-state index contributed by atoms with van der Waals surface area (Å²) in [5.74, 6) is 1.15. The first-order chi connectivity index (χ1) is 13.9. The van der Waals surface area contributed by atoms with E-state index in [0.717, 1.165) is 18.5 Å². The van der Waals surface area contributed by atoms with Crippen LogP contribution >= 0.6 is 0 Å². The maximum atomic E-state index is 11.8. The topological polar surface area (TPSA) is 92.9 Å². The molecule has 0 radical (unpaired) electrons. The van der Waals surface area contributed by atoms with Gasteiger partial charge in [-0.05, 0) is 17.4 Å². The molecule has 3 aromatic heterocycles. The van der Waals surface area contributed by atoms with Crippen molar-refractivity contribution < 1.29 is 0 Å². The summed E-state index contributed by atoms with van der Waals surface area (Å²) >= 11 is 0. The molecular weight excluding hydrogens is 366 g/mol. The molecule has 8 heteroatoms. The lowest BCUT2D eigenvalue weighted by Gasteiger charge is -2.19. The van der Waals surface area contributed by atoms with Crippen molar-refractivity contribution in [1.29, 1.82) is 0 Å². The standard InChI is InChI=1S/C21H25N7O/c1-21(2,3)16-7-5-15(6-8-16)19-24-17-13-18(29)26-28(17)20(25-19)23-9-4-11-27-12-10-22-14-27/h5-8,10,12-14H,4,9,11H2,1-3H3,(H,26,29)(H,23,24,25). The van der Waals surface area contributed by atoms with E-state index >= 15 is 0 Å². The van der Waals surface area contributed by atoms with Crippen LogP contribution in [0.5, 0.6) is 0 Å². The number of imidazole rings is 1. The summed E-state index contributed by atoms with van der Waals surface area (Å²) in [6, 6.07) is 9.74. The highest BCUT2D eigenvalue weighted by Crippen LogP contribution is 2.25. The number of benzene rings is 1. The number of H-pyrrole nitrogens is 1.